The van der Waals surface area contributed by atoms with Gasteiger partial charge in [0.05, 0.1) is 25.4 Å². The van der Waals surface area contributed by atoms with E-state index in [2.05, 4.69) is 31.3 Å². The SMILES string of the molecule is CCCCCCCCCCCCCCCCC/C=C/CCCC(O)C(O)C(COC1OC(CO)C(O)C(O)C1O)NC(=O)C(O)CCCCCCCCCCCCCCCCCCCCCCCCCCC. The van der Waals surface area contributed by atoms with Crippen molar-refractivity contribution in [2.24, 2.45) is 0 Å². The molecule has 0 aliphatic carbocycles. The van der Waals surface area contributed by atoms with Gasteiger partial charge in [-0.05, 0) is 38.5 Å². The molecule has 0 bridgehead atoms. The van der Waals surface area contributed by atoms with E-state index in [-0.39, 0.29) is 12.8 Å². The molecule has 0 spiro atoms. The van der Waals surface area contributed by atoms with E-state index >= 15 is 0 Å². The maximum atomic E-state index is 13.2. The number of carbonyl (C=O) groups is 1. The number of nitrogens with one attached hydrogen (secondary N) is 1. The Balaban J connectivity index is 2.27. The molecule has 11 heteroatoms. The van der Waals surface area contributed by atoms with Gasteiger partial charge in [-0.1, -0.05) is 276 Å². The predicted octanol–water partition coefficient (Wildman–Crippen LogP) is 13.5. The number of ether oxygens (including phenoxy) is 2. The van der Waals surface area contributed by atoms with Crippen LogP contribution in [0.25, 0.3) is 0 Å². The van der Waals surface area contributed by atoms with Crippen molar-refractivity contribution >= 4 is 5.91 Å². The van der Waals surface area contributed by atoms with Gasteiger partial charge in [0.2, 0.25) is 5.91 Å². The number of unbranched alkanes of at least 4 members (excludes halogenated alkanes) is 40. The summed E-state index contributed by atoms with van der Waals surface area (Å²) in [6, 6.07) is -1.18. The number of hydrogen-bond acceptors (Lipinski definition) is 10. The van der Waals surface area contributed by atoms with Gasteiger partial charge in [0.15, 0.2) is 6.29 Å². The summed E-state index contributed by atoms with van der Waals surface area (Å²) in [6.07, 6.45) is 48.5. The molecule has 72 heavy (non-hydrogen) atoms. The second-order valence-electron chi connectivity index (χ2n) is 22.1. The Morgan fingerprint density at radius 2 is 0.819 bits per heavy atom. The second kappa shape index (κ2) is 50.7. The van der Waals surface area contributed by atoms with E-state index in [1.54, 1.807) is 0 Å². The summed E-state index contributed by atoms with van der Waals surface area (Å²) in [5.74, 6) is -0.699. The first-order chi connectivity index (χ1) is 35.2. The lowest BCUT2D eigenvalue weighted by Crippen LogP contribution is -2.60. The molecule has 1 saturated heterocycles. The number of amides is 1. The zero-order valence-electron chi connectivity index (χ0n) is 46.9. The number of rotatable bonds is 54. The smallest absolute Gasteiger partial charge is 0.249 e. The van der Waals surface area contributed by atoms with E-state index in [0.717, 1.165) is 38.5 Å². The van der Waals surface area contributed by atoms with Crippen LogP contribution in [-0.2, 0) is 14.3 Å². The van der Waals surface area contributed by atoms with E-state index in [1.165, 1.54) is 225 Å². The lowest BCUT2D eigenvalue weighted by atomic mass is 9.98. The van der Waals surface area contributed by atoms with E-state index in [1.807, 2.05) is 0 Å². The van der Waals surface area contributed by atoms with Crippen molar-refractivity contribution in [3.63, 3.8) is 0 Å². The lowest BCUT2D eigenvalue weighted by Gasteiger charge is -2.40. The minimum Gasteiger partial charge on any atom is -0.394 e. The average molecular weight is 1030 g/mol. The standard InChI is InChI=1S/C61H119NO10/c1-3-5-7-9-11-13-15-17-19-21-23-25-26-27-28-29-31-33-35-37-39-41-43-45-47-49-54(65)60(70)62-52(51-71-61-59(69)58(68)57(67)55(50-63)72-61)56(66)53(64)48-46-44-42-40-38-36-34-32-30-24-22-20-18-16-14-12-10-8-6-4-2/h40,42,52-59,61,63-69H,3-39,41,43-51H2,1-2H3,(H,62,70)/b42-40+. The van der Waals surface area contributed by atoms with Gasteiger partial charge < -0.3 is 50.5 Å². The molecule has 1 heterocycles. The van der Waals surface area contributed by atoms with Crippen molar-refractivity contribution in [2.45, 2.75) is 358 Å². The first-order valence-electron chi connectivity index (χ1n) is 31.1. The highest BCUT2D eigenvalue weighted by molar-refractivity contribution is 5.80. The second-order valence-corrected chi connectivity index (χ2v) is 22.1. The fourth-order valence-corrected chi connectivity index (χ4v) is 10.3. The summed E-state index contributed by atoms with van der Waals surface area (Å²) < 4.78 is 11.2. The van der Waals surface area contributed by atoms with E-state index in [0.29, 0.717) is 12.8 Å². The third kappa shape index (κ3) is 38.4. The topological polar surface area (TPSA) is 189 Å². The summed E-state index contributed by atoms with van der Waals surface area (Å²) in [4.78, 5) is 13.2. The Labute approximate surface area is 442 Å². The summed E-state index contributed by atoms with van der Waals surface area (Å²) >= 11 is 0. The molecule has 428 valence electrons. The molecule has 8 N–H and O–H groups in total. The fraction of sp³-hybridized carbons (Fsp3) is 0.951. The van der Waals surface area contributed by atoms with Crippen LogP contribution in [0.2, 0.25) is 0 Å². The molecule has 1 rings (SSSR count). The molecule has 0 aromatic carbocycles. The molecular weight excluding hydrogens is 907 g/mol. The van der Waals surface area contributed by atoms with Crippen LogP contribution in [0.15, 0.2) is 12.2 Å². The molecule has 0 radical (unpaired) electrons. The Bertz CT molecular complexity index is 1180. The van der Waals surface area contributed by atoms with Gasteiger partial charge in [-0.15, -0.1) is 0 Å². The molecule has 0 saturated carbocycles. The Kier molecular flexibility index (Phi) is 48.4. The number of aliphatic hydroxyl groups is 7. The van der Waals surface area contributed by atoms with Gasteiger partial charge in [-0.3, -0.25) is 4.79 Å². The maximum Gasteiger partial charge on any atom is 0.249 e. The number of carbonyl (C=O) groups excluding carboxylic acids is 1. The van der Waals surface area contributed by atoms with Crippen LogP contribution >= 0.6 is 0 Å². The van der Waals surface area contributed by atoms with E-state index < -0.39 is 74.2 Å². The highest BCUT2D eigenvalue weighted by atomic mass is 16.7. The first-order valence-corrected chi connectivity index (χ1v) is 31.1. The van der Waals surface area contributed by atoms with Gasteiger partial charge in [-0.25, -0.2) is 0 Å². The van der Waals surface area contributed by atoms with Gasteiger partial charge in [-0.2, -0.15) is 0 Å². The van der Waals surface area contributed by atoms with Crippen molar-refractivity contribution in [2.75, 3.05) is 13.2 Å². The van der Waals surface area contributed by atoms with Gasteiger partial charge in [0.25, 0.3) is 0 Å². The maximum absolute atomic E-state index is 13.2. The minimum atomic E-state index is -1.67. The van der Waals surface area contributed by atoms with Crippen LogP contribution in [0.3, 0.4) is 0 Å². The van der Waals surface area contributed by atoms with Gasteiger partial charge in [0.1, 0.15) is 36.6 Å². The lowest BCUT2D eigenvalue weighted by molar-refractivity contribution is -0.303. The van der Waals surface area contributed by atoms with Crippen LogP contribution in [0.1, 0.15) is 303 Å². The summed E-state index contributed by atoms with van der Waals surface area (Å²) in [6.45, 7) is 3.49. The monoisotopic (exact) mass is 1030 g/mol. The normalized spacial score (nSPS) is 20.0. The molecular formula is C61H119NO10. The predicted molar refractivity (Wildman–Crippen MR) is 298 cm³/mol. The van der Waals surface area contributed by atoms with Crippen molar-refractivity contribution in [3.8, 4) is 0 Å². The van der Waals surface area contributed by atoms with Gasteiger partial charge >= 0.3 is 0 Å². The van der Waals surface area contributed by atoms with Crippen molar-refractivity contribution in [3.05, 3.63) is 12.2 Å². The summed E-state index contributed by atoms with van der Waals surface area (Å²) in [5, 5.41) is 76.2. The van der Waals surface area contributed by atoms with Gasteiger partial charge in [0, 0.05) is 0 Å². The minimum absolute atomic E-state index is 0.260. The van der Waals surface area contributed by atoms with Crippen molar-refractivity contribution in [1.29, 1.82) is 0 Å². The van der Waals surface area contributed by atoms with Crippen molar-refractivity contribution < 1.29 is 50.0 Å². The third-order valence-electron chi connectivity index (χ3n) is 15.3. The molecule has 1 aliphatic heterocycles. The molecule has 1 fully saturated rings. The average Bonchev–Trinajstić information content (AvgIpc) is 3.38. The molecule has 0 aromatic heterocycles. The van der Waals surface area contributed by atoms with Crippen LogP contribution in [0.5, 0.6) is 0 Å². The fourth-order valence-electron chi connectivity index (χ4n) is 10.3. The number of allylic oxidation sites excluding steroid dienone is 2. The first kappa shape index (κ1) is 68.9. The van der Waals surface area contributed by atoms with Crippen molar-refractivity contribution in [1.82, 2.24) is 5.32 Å². The quantitative estimate of drug-likeness (QED) is 0.0215. The highest BCUT2D eigenvalue weighted by Gasteiger charge is 2.44. The molecule has 11 nitrogen and oxygen atoms in total. The molecule has 9 unspecified atom stereocenters. The zero-order valence-corrected chi connectivity index (χ0v) is 46.9. The molecule has 0 aromatic rings. The summed E-state index contributed by atoms with van der Waals surface area (Å²) in [5.41, 5.74) is 0. The Morgan fingerprint density at radius 3 is 1.19 bits per heavy atom. The Hall–Kier alpha value is -1.15. The summed E-state index contributed by atoms with van der Waals surface area (Å²) in [7, 11) is 0. The van der Waals surface area contributed by atoms with Crippen LogP contribution in [-0.4, -0.2) is 110 Å². The molecule has 1 amide bonds. The largest absolute Gasteiger partial charge is 0.394 e. The molecule has 9 atom stereocenters. The highest BCUT2D eigenvalue weighted by Crippen LogP contribution is 2.24. The third-order valence-corrected chi connectivity index (χ3v) is 15.3. The number of aliphatic hydroxyl groups excluding tert-OH is 7. The van der Waals surface area contributed by atoms with E-state index in [4.69, 9.17) is 9.47 Å². The van der Waals surface area contributed by atoms with Crippen LogP contribution in [0.4, 0.5) is 0 Å². The molecule has 1 aliphatic rings. The van der Waals surface area contributed by atoms with Crippen LogP contribution < -0.4 is 5.32 Å². The van der Waals surface area contributed by atoms with Crippen LogP contribution in [0, 0.1) is 0 Å². The Morgan fingerprint density at radius 1 is 0.472 bits per heavy atom. The zero-order chi connectivity index (χ0) is 52.5. The van der Waals surface area contributed by atoms with E-state index in [9.17, 15) is 40.5 Å². The number of hydrogen-bond donors (Lipinski definition) is 8.